The summed E-state index contributed by atoms with van der Waals surface area (Å²) in [5.41, 5.74) is 0.972. The molecule has 40 valence electrons. The fourth-order valence-corrected chi connectivity index (χ4v) is 0.726. The molecule has 2 nitrogen and oxygen atoms in total. The van der Waals surface area contributed by atoms with Crippen molar-refractivity contribution in [3.8, 4) is 0 Å². The van der Waals surface area contributed by atoms with Crippen LogP contribution in [0.4, 0.5) is 0 Å². The maximum absolute atomic E-state index is 8.34. The fraction of sp³-hybridized carbons (Fsp3) is 0.600. The molecule has 0 aromatic heterocycles. The van der Waals surface area contributed by atoms with Crippen LogP contribution < -0.4 is 5.32 Å². The van der Waals surface area contributed by atoms with E-state index in [9.17, 15) is 0 Å². The molecule has 2 N–H and O–H groups in total. The lowest BCUT2D eigenvalue weighted by atomic mass is 10.3. The molecule has 1 aliphatic rings. The van der Waals surface area contributed by atoms with Gasteiger partial charge in [-0.05, 0) is 12.8 Å². The molecule has 0 amide bonds. The number of aliphatic hydroxyl groups is 1. The molecule has 0 saturated carbocycles. The Kier molecular flexibility index (Phi) is 1.20. The summed E-state index contributed by atoms with van der Waals surface area (Å²) in [7, 11) is 0. The summed E-state index contributed by atoms with van der Waals surface area (Å²) < 4.78 is 0. The van der Waals surface area contributed by atoms with E-state index in [2.05, 4.69) is 5.32 Å². The number of rotatable bonds is 0. The number of hydrogen-bond acceptors (Lipinski definition) is 2. The average molecular weight is 99.1 g/mol. The topological polar surface area (TPSA) is 32.3 Å². The second-order valence-corrected chi connectivity index (χ2v) is 1.68. The molecule has 2 heteroatoms. The van der Waals surface area contributed by atoms with Crippen LogP contribution in [0.5, 0.6) is 0 Å². The lowest BCUT2D eigenvalue weighted by molar-refractivity contribution is 0.462. The van der Waals surface area contributed by atoms with Crippen LogP contribution in [0.3, 0.4) is 0 Å². The van der Waals surface area contributed by atoms with Crippen molar-refractivity contribution in [1.82, 2.24) is 5.32 Å². The average Bonchev–Trinajstić information content (AvgIpc) is 2.14. The van der Waals surface area contributed by atoms with Gasteiger partial charge in [0, 0.05) is 12.2 Å². The molecule has 0 aromatic rings. The lowest BCUT2D eigenvalue weighted by Crippen LogP contribution is -2.02. The summed E-state index contributed by atoms with van der Waals surface area (Å²) in [6, 6.07) is 0. The Balaban J connectivity index is 2.41. The van der Waals surface area contributed by atoms with E-state index in [1.54, 1.807) is 0 Å². The van der Waals surface area contributed by atoms with Crippen molar-refractivity contribution in [1.29, 1.82) is 0 Å². The van der Waals surface area contributed by atoms with Crippen molar-refractivity contribution >= 4 is 0 Å². The van der Waals surface area contributed by atoms with E-state index in [-0.39, 0.29) is 0 Å². The highest BCUT2D eigenvalue weighted by molar-refractivity contribution is 4.98. The van der Waals surface area contributed by atoms with Gasteiger partial charge in [0.1, 0.15) is 0 Å². The number of nitrogens with one attached hydrogen (secondary N) is 1. The lowest BCUT2D eigenvalue weighted by Gasteiger charge is -1.89. The van der Waals surface area contributed by atoms with Gasteiger partial charge in [-0.25, -0.2) is 0 Å². The molecule has 7 heavy (non-hydrogen) atoms. The van der Waals surface area contributed by atoms with Gasteiger partial charge in [-0.3, -0.25) is 0 Å². The molecule has 0 atom stereocenters. The van der Waals surface area contributed by atoms with Crippen LogP contribution in [0.1, 0.15) is 12.8 Å². The third kappa shape index (κ3) is 0.856. The van der Waals surface area contributed by atoms with E-state index in [0.29, 0.717) is 0 Å². The Morgan fingerprint density at radius 1 is 1.71 bits per heavy atom. The van der Waals surface area contributed by atoms with Crippen LogP contribution in [-0.4, -0.2) is 11.7 Å². The van der Waals surface area contributed by atoms with Crippen molar-refractivity contribution < 1.29 is 5.11 Å². The van der Waals surface area contributed by atoms with Gasteiger partial charge in [0.15, 0.2) is 0 Å². The summed E-state index contributed by atoms with van der Waals surface area (Å²) in [6.07, 6.45) is 3.32. The van der Waals surface area contributed by atoms with Gasteiger partial charge in [0.05, 0.1) is 6.26 Å². The monoisotopic (exact) mass is 99.1 g/mol. The molecule has 0 aromatic carbocycles. The maximum Gasteiger partial charge on any atom is 0.0980 e. The van der Waals surface area contributed by atoms with Gasteiger partial charge < -0.3 is 10.4 Å². The Hall–Kier alpha value is -0.660. The highest BCUT2D eigenvalue weighted by atomic mass is 16.2. The van der Waals surface area contributed by atoms with Crippen molar-refractivity contribution in [3.05, 3.63) is 12.0 Å². The van der Waals surface area contributed by atoms with Crippen molar-refractivity contribution in [3.63, 3.8) is 0 Å². The number of allylic oxidation sites excluding steroid dienone is 1. The minimum atomic E-state index is 0.972. The normalized spacial score (nSPS) is 25.4. The SMILES string of the molecule is OC=C1CCCN1. The van der Waals surface area contributed by atoms with Gasteiger partial charge in [0.25, 0.3) is 0 Å². The number of hydrogen-bond donors (Lipinski definition) is 2. The first-order valence-corrected chi connectivity index (χ1v) is 2.50. The van der Waals surface area contributed by atoms with E-state index in [1.165, 1.54) is 0 Å². The molecular weight excluding hydrogens is 90.1 g/mol. The highest BCUT2D eigenvalue weighted by Gasteiger charge is 2.02. The Morgan fingerprint density at radius 3 is 2.86 bits per heavy atom. The molecular formula is C5H9NO. The third-order valence-electron chi connectivity index (χ3n) is 1.13. The first kappa shape index (κ1) is 4.50. The minimum Gasteiger partial charge on any atom is -0.514 e. The molecule has 1 saturated heterocycles. The molecule has 1 heterocycles. The first-order chi connectivity index (χ1) is 3.43. The summed E-state index contributed by atoms with van der Waals surface area (Å²) >= 11 is 0. The standard InChI is InChI=1S/C5H9NO/c7-4-5-2-1-3-6-5/h4,6-7H,1-3H2. The van der Waals surface area contributed by atoms with Gasteiger partial charge in [-0.2, -0.15) is 0 Å². The summed E-state index contributed by atoms with van der Waals surface area (Å²) in [6.45, 7) is 1.02. The predicted octanol–water partition coefficient (Wildman–Crippen LogP) is 0.769. The van der Waals surface area contributed by atoms with E-state index in [0.717, 1.165) is 31.3 Å². The fourth-order valence-electron chi connectivity index (χ4n) is 0.726. The molecule has 0 radical (unpaired) electrons. The molecule has 1 fully saturated rings. The van der Waals surface area contributed by atoms with Crippen molar-refractivity contribution in [2.45, 2.75) is 12.8 Å². The summed E-state index contributed by atoms with van der Waals surface area (Å²) in [5, 5.41) is 11.4. The predicted molar refractivity (Wildman–Crippen MR) is 27.9 cm³/mol. The van der Waals surface area contributed by atoms with Crippen molar-refractivity contribution in [2.24, 2.45) is 0 Å². The van der Waals surface area contributed by atoms with E-state index >= 15 is 0 Å². The van der Waals surface area contributed by atoms with Crippen LogP contribution in [0.25, 0.3) is 0 Å². The minimum absolute atomic E-state index is 0.972. The third-order valence-corrected chi connectivity index (χ3v) is 1.13. The Bertz CT molecular complexity index is 80.1. The van der Waals surface area contributed by atoms with Crippen LogP contribution in [-0.2, 0) is 0 Å². The van der Waals surface area contributed by atoms with Crippen LogP contribution in [0, 0.1) is 0 Å². The highest BCUT2D eigenvalue weighted by Crippen LogP contribution is 2.05. The zero-order chi connectivity index (χ0) is 5.11. The smallest absolute Gasteiger partial charge is 0.0980 e. The van der Waals surface area contributed by atoms with Crippen LogP contribution in [0.2, 0.25) is 0 Å². The molecule has 0 spiro atoms. The zero-order valence-corrected chi connectivity index (χ0v) is 4.15. The Morgan fingerprint density at radius 2 is 2.57 bits per heavy atom. The molecule has 0 aliphatic carbocycles. The summed E-state index contributed by atoms with van der Waals surface area (Å²) in [4.78, 5) is 0. The van der Waals surface area contributed by atoms with Gasteiger partial charge in [0.2, 0.25) is 0 Å². The zero-order valence-electron chi connectivity index (χ0n) is 4.15. The first-order valence-electron chi connectivity index (χ1n) is 2.50. The largest absolute Gasteiger partial charge is 0.514 e. The van der Waals surface area contributed by atoms with Crippen LogP contribution in [0.15, 0.2) is 12.0 Å². The van der Waals surface area contributed by atoms with Gasteiger partial charge >= 0.3 is 0 Å². The van der Waals surface area contributed by atoms with E-state index < -0.39 is 0 Å². The second-order valence-electron chi connectivity index (χ2n) is 1.68. The van der Waals surface area contributed by atoms with Crippen LogP contribution >= 0.6 is 0 Å². The van der Waals surface area contributed by atoms with Gasteiger partial charge in [-0.1, -0.05) is 0 Å². The summed E-state index contributed by atoms with van der Waals surface area (Å²) in [5.74, 6) is 0. The van der Waals surface area contributed by atoms with Crippen molar-refractivity contribution in [2.75, 3.05) is 6.54 Å². The molecule has 0 bridgehead atoms. The van der Waals surface area contributed by atoms with E-state index in [4.69, 9.17) is 5.11 Å². The molecule has 1 rings (SSSR count). The quantitative estimate of drug-likeness (QED) is 0.439. The van der Waals surface area contributed by atoms with Gasteiger partial charge in [-0.15, -0.1) is 0 Å². The Labute approximate surface area is 42.8 Å². The van der Waals surface area contributed by atoms with E-state index in [1.807, 2.05) is 0 Å². The molecule has 0 unspecified atom stereocenters. The second kappa shape index (κ2) is 1.87. The molecule has 1 aliphatic heterocycles. The maximum atomic E-state index is 8.34. The number of aliphatic hydroxyl groups excluding tert-OH is 1.